The van der Waals surface area contributed by atoms with Crippen LogP contribution in [0, 0.1) is 12.3 Å². The SMILES string of the molecule is C#Cc1cn([C@@H]2O[C@H](C)[C@@H](O)[C@H]2O)c(=O)nc1NC(=O)OCCCOCC. The van der Waals surface area contributed by atoms with Crippen molar-refractivity contribution in [3.05, 3.63) is 22.2 Å². The Bertz CT molecular complexity index is 758. The van der Waals surface area contributed by atoms with Gasteiger partial charge >= 0.3 is 11.8 Å². The average Bonchev–Trinajstić information content (AvgIpc) is 2.89. The fourth-order valence-corrected chi connectivity index (χ4v) is 2.51. The maximum Gasteiger partial charge on any atom is 0.412 e. The van der Waals surface area contributed by atoms with Gasteiger partial charge in [0.1, 0.15) is 12.2 Å². The predicted molar refractivity (Wildman–Crippen MR) is 94.1 cm³/mol. The lowest BCUT2D eigenvalue weighted by Crippen LogP contribution is -2.36. The van der Waals surface area contributed by atoms with Crippen LogP contribution in [0.2, 0.25) is 0 Å². The van der Waals surface area contributed by atoms with E-state index in [2.05, 4.69) is 16.2 Å². The third kappa shape index (κ3) is 5.05. The van der Waals surface area contributed by atoms with Crippen molar-refractivity contribution in [2.75, 3.05) is 25.1 Å². The van der Waals surface area contributed by atoms with Crippen LogP contribution in [0.5, 0.6) is 0 Å². The van der Waals surface area contributed by atoms with Crippen LogP contribution in [0.3, 0.4) is 0 Å². The molecule has 3 N–H and O–H groups in total. The van der Waals surface area contributed by atoms with Gasteiger partial charge in [0.2, 0.25) is 0 Å². The van der Waals surface area contributed by atoms with E-state index in [0.29, 0.717) is 19.6 Å². The van der Waals surface area contributed by atoms with E-state index < -0.39 is 36.3 Å². The normalized spacial score (nSPS) is 24.4. The number of amides is 1. The highest BCUT2D eigenvalue weighted by molar-refractivity contribution is 5.84. The molecule has 2 rings (SSSR count). The molecule has 1 aromatic heterocycles. The average molecular weight is 381 g/mol. The first-order valence-corrected chi connectivity index (χ1v) is 8.52. The molecule has 0 unspecified atom stereocenters. The van der Waals surface area contributed by atoms with Gasteiger partial charge < -0.3 is 24.4 Å². The molecule has 1 aliphatic heterocycles. The minimum Gasteiger partial charge on any atom is -0.449 e. The number of rotatable bonds is 7. The zero-order valence-electron chi connectivity index (χ0n) is 15.1. The van der Waals surface area contributed by atoms with E-state index in [1.165, 1.54) is 6.20 Å². The Morgan fingerprint density at radius 3 is 2.78 bits per heavy atom. The van der Waals surface area contributed by atoms with Crippen molar-refractivity contribution in [3.8, 4) is 12.3 Å². The Labute approximate surface area is 156 Å². The zero-order valence-corrected chi connectivity index (χ0v) is 15.1. The van der Waals surface area contributed by atoms with Gasteiger partial charge in [-0.2, -0.15) is 4.98 Å². The van der Waals surface area contributed by atoms with Crippen molar-refractivity contribution in [1.29, 1.82) is 0 Å². The second-order valence-corrected chi connectivity index (χ2v) is 5.86. The van der Waals surface area contributed by atoms with Crippen molar-refractivity contribution in [2.24, 2.45) is 0 Å². The lowest BCUT2D eigenvalue weighted by molar-refractivity contribution is -0.0350. The predicted octanol–water partition coefficient (Wildman–Crippen LogP) is -0.161. The van der Waals surface area contributed by atoms with E-state index in [-0.39, 0.29) is 18.0 Å². The molecule has 2 heterocycles. The Kier molecular flexibility index (Phi) is 7.32. The summed E-state index contributed by atoms with van der Waals surface area (Å²) in [4.78, 5) is 27.8. The van der Waals surface area contributed by atoms with Gasteiger partial charge in [0, 0.05) is 25.8 Å². The van der Waals surface area contributed by atoms with Gasteiger partial charge in [0.05, 0.1) is 18.3 Å². The van der Waals surface area contributed by atoms with E-state index in [4.69, 9.17) is 20.6 Å². The molecule has 10 nitrogen and oxygen atoms in total. The Balaban J connectivity index is 2.09. The third-order valence-electron chi connectivity index (χ3n) is 3.95. The van der Waals surface area contributed by atoms with Gasteiger partial charge in [-0.15, -0.1) is 6.42 Å². The van der Waals surface area contributed by atoms with Crippen LogP contribution < -0.4 is 11.0 Å². The van der Waals surface area contributed by atoms with E-state index >= 15 is 0 Å². The molecule has 4 atom stereocenters. The van der Waals surface area contributed by atoms with Gasteiger partial charge in [0.15, 0.2) is 12.0 Å². The van der Waals surface area contributed by atoms with Gasteiger partial charge in [-0.25, -0.2) is 9.59 Å². The summed E-state index contributed by atoms with van der Waals surface area (Å²) in [5, 5.41) is 22.1. The monoisotopic (exact) mass is 381 g/mol. The highest BCUT2D eigenvalue weighted by Crippen LogP contribution is 2.28. The van der Waals surface area contributed by atoms with Crippen LogP contribution in [-0.4, -0.2) is 64.0 Å². The Morgan fingerprint density at radius 1 is 1.44 bits per heavy atom. The molecule has 148 valence electrons. The molecule has 1 aromatic rings. The molecule has 0 radical (unpaired) electrons. The van der Waals surface area contributed by atoms with Gasteiger partial charge in [-0.05, 0) is 13.8 Å². The van der Waals surface area contributed by atoms with Crippen LogP contribution in [0.1, 0.15) is 32.1 Å². The van der Waals surface area contributed by atoms with Crippen LogP contribution in [-0.2, 0) is 14.2 Å². The van der Waals surface area contributed by atoms with Gasteiger partial charge in [-0.3, -0.25) is 9.88 Å². The summed E-state index contributed by atoms with van der Waals surface area (Å²) in [5.74, 6) is 2.16. The van der Waals surface area contributed by atoms with Crippen LogP contribution in [0.4, 0.5) is 10.6 Å². The molecule has 1 aliphatic rings. The Hall–Kier alpha value is -2.45. The summed E-state index contributed by atoms with van der Waals surface area (Å²) < 4.78 is 16.5. The van der Waals surface area contributed by atoms with Crippen molar-refractivity contribution in [2.45, 2.75) is 44.8 Å². The minimum atomic E-state index is -1.32. The lowest BCUT2D eigenvalue weighted by Gasteiger charge is -2.18. The number of aliphatic hydroxyl groups excluding tert-OH is 2. The summed E-state index contributed by atoms with van der Waals surface area (Å²) in [6, 6.07) is 0. The largest absolute Gasteiger partial charge is 0.449 e. The molecule has 0 saturated carbocycles. The maximum absolute atomic E-state index is 12.3. The molecule has 1 amide bonds. The van der Waals surface area contributed by atoms with E-state index in [0.717, 1.165) is 4.57 Å². The van der Waals surface area contributed by atoms with Crippen molar-refractivity contribution in [3.63, 3.8) is 0 Å². The molecule has 10 heteroatoms. The molecule has 0 aliphatic carbocycles. The summed E-state index contributed by atoms with van der Waals surface area (Å²) >= 11 is 0. The first-order chi connectivity index (χ1) is 12.9. The standard InChI is InChI=1S/C17H23N3O7/c1-4-11-9-20(15-13(22)12(21)10(3)27-15)16(23)18-14(11)19-17(24)26-8-6-7-25-5-2/h1,9-10,12-13,15,21-22H,5-8H2,2-3H3,(H,18,19,23,24)/t10-,12-,13-,15-/m1/s1. The maximum atomic E-state index is 12.3. The fraction of sp³-hybridized carbons (Fsp3) is 0.588. The third-order valence-corrected chi connectivity index (χ3v) is 3.95. The molecule has 27 heavy (non-hydrogen) atoms. The number of aromatic nitrogens is 2. The fourth-order valence-electron chi connectivity index (χ4n) is 2.51. The summed E-state index contributed by atoms with van der Waals surface area (Å²) in [6.45, 7) is 4.59. The van der Waals surface area contributed by atoms with E-state index in [9.17, 15) is 19.8 Å². The van der Waals surface area contributed by atoms with Crippen LogP contribution in [0.25, 0.3) is 0 Å². The molecule has 1 saturated heterocycles. The van der Waals surface area contributed by atoms with Crippen molar-refractivity contribution >= 4 is 11.9 Å². The first kappa shape index (κ1) is 20.9. The summed E-state index contributed by atoms with van der Waals surface area (Å²) in [7, 11) is 0. The molecule has 1 fully saturated rings. The number of aliphatic hydroxyl groups is 2. The minimum absolute atomic E-state index is 0.0886. The number of nitrogens with one attached hydrogen (secondary N) is 1. The number of nitrogens with zero attached hydrogens (tertiary/aromatic N) is 2. The second kappa shape index (κ2) is 9.48. The summed E-state index contributed by atoms with van der Waals surface area (Å²) in [5.41, 5.74) is -0.725. The first-order valence-electron chi connectivity index (χ1n) is 8.52. The lowest BCUT2D eigenvalue weighted by atomic mass is 10.1. The van der Waals surface area contributed by atoms with Gasteiger partial charge in [-0.1, -0.05) is 5.92 Å². The van der Waals surface area contributed by atoms with Crippen molar-refractivity contribution in [1.82, 2.24) is 9.55 Å². The highest BCUT2D eigenvalue weighted by Gasteiger charge is 2.42. The van der Waals surface area contributed by atoms with Crippen LogP contribution >= 0.6 is 0 Å². The molecule has 0 aromatic carbocycles. The summed E-state index contributed by atoms with van der Waals surface area (Å²) in [6.07, 6.45) is 2.07. The topological polar surface area (TPSA) is 132 Å². The Morgan fingerprint density at radius 2 is 2.19 bits per heavy atom. The quantitative estimate of drug-likeness (QED) is 0.438. The number of carbonyl (C=O) groups is 1. The van der Waals surface area contributed by atoms with E-state index in [1.54, 1.807) is 6.92 Å². The van der Waals surface area contributed by atoms with Gasteiger partial charge in [0.25, 0.3) is 0 Å². The zero-order chi connectivity index (χ0) is 20.0. The number of hydrogen-bond acceptors (Lipinski definition) is 8. The number of anilines is 1. The van der Waals surface area contributed by atoms with Crippen LogP contribution in [0.15, 0.2) is 11.0 Å². The molecular weight excluding hydrogens is 358 g/mol. The number of hydrogen-bond donors (Lipinski definition) is 3. The highest BCUT2D eigenvalue weighted by atomic mass is 16.6. The molecule has 0 bridgehead atoms. The smallest absolute Gasteiger partial charge is 0.412 e. The molecule has 0 spiro atoms. The molecular formula is C17H23N3O7. The number of terminal acetylenes is 1. The second-order valence-electron chi connectivity index (χ2n) is 5.86. The van der Waals surface area contributed by atoms with Crippen molar-refractivity contribution < 1.29 is 29.2 Å². The number of carbonyl (C=O) groups excluding carboxylic acids is 1. The number of ether oxygens (including phenoxy) is 3. The van der Waals surface area contributed by atoms with E-state index in [1.807, 2.05) is 6.92 Å².